The third-order valence-corrected chi connectivity index (χ3v) is 4.02. The van der Waals surface area contributed by atoms with Crippen LogP contribution in [0.5, 0.6) is 0 Å². The van der Waals surface area contributed by atoms with Crippen LogP contribution in [0.15, 0.2) is 0 Å². The molecule has 0 radical (unpaired) electrons. The number of unbranched alkanes of at least 4 members (excludes halogenated alkanes) is 2. The largest absolute Gasteiger partial charge is 0.342 e. The van der Waals surface area contributed by atoms with E-state index in [-0.39, 0.29) is 11.9 Å². The monoisotopic (exact) mass is 269 g/mol. The van der Waals surface area contributed by atoms with Gasteiger partial charge >= 0.3 is 0 Å². The van der Waals surface area contributed by atoms with E-state index in [1.165, 1.54) is 0 Å². The van der Waals surface area contributed by atoms with Crippen molar-refractivity contribution in [3.8, 4) is 0 Å². The highest BCUT2D eigenvalue weighted by atomic mass is 16.2. The molecule has 0 aromatic rings. The number of rotatable bonds is 8. The summed E-state index contributed by atoms with van der Waals surface area (Å²) in [5.74, 6) is 0.788. The highest BCUT2D eigenvalue weighted by Crippen LogP contribution is 2.14. The lowest BCUT2D eigenvalue weighted by molar-refractivity contribution is -0.132. The van der Waals surface area contributed by atoms with E-state index in [0.29, 0.717) is 12.5 Å². The normalized spacial score (nSPS) is 23.8. The summed E-state index contributed by atoms with van der Waals surface area (Å²) >= 11 is 0. The third kappa shape index (κ3) is 5.49. The minimum atomic E-state index is 0.229. The van der Waals surface area contributed by atoms with Crippen molar-refractivity contribution in [3.63, 3.8) is 0 Å². The van der Waals surface area contributed by atoms with Gasteiger partial charge in [0, 0.05) is 32.2 Å². The summed E-state index contributed by atoms with van der Waals surface area (Å²) in [4.78, 5) is 16.6. The van der Waals surface area contributed by atoms with Gasteiger partial charge in [0.15, 0.2) is 0 Å². The van der Waals surface area contributed by atoms with Crippen molar-refractivity contribution in [3.05, 3.63) is 0 Å². The predicted molar refractivity (Wildman–Crippen MR) is 80.0 cm³/mol. The van der Waals surface area contributed by atoms with E-state index in [2.05, 4.69) is 25.7 Å². The van der Waals surface area contributed by atoms with E-state index >= 15 is 0 Å². The minimum absolute atomic E-state index is 0.229. The van der Waals surface area contributed by atoms with Gasteiger partial charge in [0.25, 0.3) is 0 Å². The maximum absolute atomic E-state index is 12.4. The lowest BCUT2D eigenvalue weighted by atomic mass is 10.1. The van der Waals surface area contributed by atoms with Crippen LogP contribution < -0.4 is 5.73 Å². The molecule has 4 heteroatoms. The second-order valence-corrected chi connectivity index (χ2v) is 5.92. The Hall–Kier alpha value is -0.610. The molecular formula is C15H31N3O. The minimum Gasteiger partial charge on any atom is -0.342 e. The molecule has 0 bridgehead atoms. The van der Waals surface area contributed by atoms with Crippen molar-refractivity contribution in [2.75, 3.05) is 32.7 Å². The average molecular weight is 269 g/mol. The van der Waals surface area contributed by atoms with Crippen molar-refractivity contribution in [2.45, 2.75) is 52.5 Å². The van der Waals surface area contributed by atoms with Crippen LogP contribution >= 0.6 is 0 Å². The molecule has 1 rings (SSSR count). The van der Waals surface area contributed by atoms with Crippen molar-refractivity contribution >= 4 is 5.91 Å². The lowest BCUT2D eigenvalue weighted by Crippen LogP contribution is -2.41. The van der Waals surface area contributed by atoms with Crippen molar-refractivity contribution < 1.29 is 4.79 Å². The fourth-order valence-corrected chi connectivity index (χ4v) is 2.57. The number of carbonyl (C=O) groups excluding carboxylic acids is 1. The summed E-state index contributed by atoms with van der Waals surface area (Å²) < 4.78 is 0. The maximum atomic E-state index is 12.4. The number of nitrogens with zero attached hydrogens (tertiary/aromatic N) is 2. The molecule has 0 spiro atoms. The fourth-order valence-electron chi connectivity index (χ4n) is 2.57. The molecule has 112 valence electrons. The maximum Gasteiger partial charge on any atom is 0.236 e. The standard InChI is InChI=1S/C15H31N3O/c1-4-6-8-18(9-7-5-2)15(19)12-17-10-13(3)14(16)11-17/h13-14H,4-12,16H2,1-3H3. The molecule has 4 nitrogen and oxygen atoms in total. The zero-order chi connectivity index (χ0) is 14.3. The molecule has 2 atom stereocenters. The molecular weight excluding hydrogens is 238 g/mol. The molecule has 1 saturated heterocycles. The van der Waals surface area contributed by atoms with Gasteiger partial charge < -0.3 is 10.6 Å². The number of carbonyl (C=O) groups is 1. The van der Waals surface area contributed by atoms with Gasteiger partial charge in [-0.2, -0.15) is 0 Å². The summed E-state index contributed by atoms with van der Waals surface area (Å²) in [5.41, 5.74) is 6.01. The van der Waals surface area contributed by atoms with E-state index in [1.54, 1.807) is 0 Å². The Balaban J connectivity index is 2.42. The first kappa shape index (κ1) is 16.4. The molecule has 1 aliphatic heterocycles. The van der Waals surface area contributed by atoms with Crippen molar-refractivity contribution in [1.82, 2.24) is 9.80 Å². The SMILES string of the molecule is CCCCN(CCCC)C(=O)CN1CC(C)C(N)C1. The molecule has 1 amide bonds. The molecule has 1 heterocycles. The second kappa shape index (κ2) is 8.54. The molecule has 2 N–H and O–H groups in total. The Labute approximate surface area is 118 Å². The number of nitrogens with two attached hydrogens (primary N) is 1. The topological polar surface area (TPSA) is 49.6 Å². The van der Waals surface area contributed by atoms with Gasteiger partial charge in [-0.05, 0) is 18.8 Å². The number of hydrogen-bond acceptors (Lipinski definition) is 3. The van der Waals surface area contributed by atoms with Crippen molar-refractivity contribution in [2.24, 2.45) is 11.7 Å². The molecule has 0 aromatic carbocycles. The van der Waals surface area contributed by atoms with Crippen LogP contribution in [-0.2, 0) is 4.79 Å². The van der Waals surface area contributed by atoms with E-state index in [0.717, 1.165) is 51.9 Å². The van der Waals surface area contributed by atoms with Crippen LogP contribution in [-0.4, -0.2) is 54.5 Å². The zero-order valence-corrected chi connectivity index (χ0v) is 12.9. The van der Waals surface area contributed by atoms with Gasteiger partial charge in [0.1, 0.15) is 0 Å². The summed E-state index contributed by atoms with van der Waals surface area (Å²) in [7, 11) is 0. The van der Waals surface area contributed by atoms with Crippen LogP contribution in [0.2, 0.25) is 0 Å². The first-order chi connectivity index (χ1) is 9.08. The number of amides is 1. The smallest absolute Gasteiger partial charge is 0.236 e. The first-order valence-corrected chi connectivity index (χ1v) is 7.84. The van der Waals surface area contributed by atoms with Gasteiger partial charge in [-0.3, -0.25) is 9.69 Å². The van der Waals surface area contributed by atoms with Gasteiger partial charge in [-0.15, -0.1) is 0 Å². The Kier molecular flexibility index (Phi) is 7.39. The Morgan fingerprint density at radius 1 is 1.21 bits per heavy atom. The molecule has 0 saturated carbocycles. The molecule has 0 aromatic heterocycles. The van der Waals surface area contributed by atoms with E-state index in [1.807, 2.05) is 4.90 Å². The summed E-state index contributed by atoms with van der Waals surface area (Å²) in [6.07, 6.45) is 4.49. The quantitative estimate of drug-likeness (QED) is 0.729. The Morgan fingerprint density at radius 2 is 1.79 bits per heavy atom. The van der Waals surface area contributed by atoms with Gasteiger partial charge in [-0.25, -0.2) is 0 Å². The number of likely N-dealkylation sites (tertiary alicyclic amines) is 1. The predicted octanol–water partition coefficient (Wildman–Crippen LogP) is 1.69. The highest BCUT2D eigenvalue weighted by molar-refractivity contribution is 5.78. The lowest BCUT2D eigenvalue weighted by Gasteiger charge is -2.25. The van der Waals surface area contributed by atoms with E-state index in [9.17, 15) is 4.79 Å². The number of hydrogen-bond donors (Lipinski definition) is 1. The molecule has 1 fully saturated rings. The fraction of sp³-hybridized carbons (Fsp3) is 0.933. The van der Waals surface area contributed by atoms with Crippen molar-refractivity contribution in [1.29, 1.82) is 0 Å². The van der Waals surface area contributed by atoms with E-state index < -0.39 is 0 Å². The summed E-state index contributed by atoms with van der Waals surface area (Å²) in [5, 5.41) is 0. The van der Waals surface area contributed by atoms with Crippen LogP contribution in [0, 0.1) is 5.92 Å². The zero-order valence-electron chi connectivity index (χ0n) is 12.9. The molecule has 0 aliphatic carbocycles. The molecule has 1 aliphatic rings. The van der Waals surface area contributed by atoms with Crippen LogP contribution in [0.25, 0.3) is 0 Å². The highest BCUT2D eigenvalue weighted by Gasteiger charge is 2.28. The molecule has 2 unspecified atom stereocenters. The summed E-state index contributed by atoms with van der Waals surface area (Å²) in [6, 6.07) is 0.229. The van der Waals surface area contributed by atoms with Gasteiger partial charge in [0.05, 0.1) is 6.54 Å². The Morgan fingerprint density at radius 3 is 2.21 bits per heavy atom. The van der Waals surface area contributed by atoms with Gasteiger partial charge in [0.2, 0.25) is 5.91 Å². The van der Waals surface area contributed by atoms with Gasteiger partial charge in [-0.1, -0.05) is 33.6 Å². The van der Waals surface area contributed by atoms with Crippen LogP contribution in [0.3, 0.4) is 0 Å². The van der Waals surface area contributed by atoms with Crippen LogP contribution in [0.4, 0.5) is 0 Å². The van der Waals surface area contributed by atoms with Crippen LogP contribution in [0.1, 0.15) is 46.5 Å². The Bertz CT molecular complexity index is 252. The average Bonchev–Trinajstić information content (AvgIpc) is 2.68. The summed E-state index contributed by atoms with van der Waals surface area (Å²) in [6.45, 7) is 10.7. The first-order valence-electron chi connectivity index (χ1n) is 7.84. The molecule has 19 heavy (non-hydrogen) atoms. The third-order valence-electron chi connectivity index (χ3n) is 4.02. The second-order valence-electron chi connectivity index (χ2n) is 5.92. The van der Waals surface area contributed by atoms with E-state index in [4.69, 9.17) is 5.73 Å².